The molecule has 0 aromatic heterocycles. The molecular weight excluding hydrogens is 190 g/mol. The molecule has 3 heteroatoms. The third-order valence-electron chi connectivity index (χ3n) is 3.31. The summed E-state index contributed by atoms with van der Waals surface area (Å²) in [6.07, 6.45) is 4.15. The summed E-state index contributed by atoms with van der Waals surface area (Å²) in [7, 11) is 0. The monoisotopic (exact) mass is 213 g/mol. The molecule has 1 aliphatic heterocycles. The van der Waals surface area contributed by atoms with Gasteiger partial charge < -0.3 is 5.11 Å². The highest BCUT2D eigenvalue weighted by atomic mass is 16.4. The van der Waals surface area contributed by atoms with E-state index in [2.05, 4.69) is 25.7 Å². The lowest BCUT2D eigenvalue weighted by Crippen LogP contribution is -2.41. The molecule has 0 saturated carbocycles. The lowest BCUT2D eigenvalue weighted by Gasteiger charge is -2.28. The van der Waals surface area contributed by atoms with Crippen LogP contribution in [0.1, 0.15) is 46.5 Å². The molecule has 0 bridgehead atoms. The van der Waals surface area contributed by atoms with E-state index in [-0.39, 0.29) is 6.04 Å². The molecule has 1 heterocycles. The van der Waals surface area contributed by atoms with Crippen LogP contribution in [0.25, 0.3) is 0 Å². The van der Waals surface area contributed by atoms with Crippen LogP contribution in [0.15, 0.2) is 0 Å². The molecule has 0 amide bonds. The van der Waals surface area contributed by atoms with Crippen LogP contribution in [-0.4, -0.2) is 34.6 Å². The summed E-state index contributed by atoms with van der Waals surface area (Å²) in [6, 6.07) is 0.183. The van der Waals surface area contributed by atoms with Crippen molar-refractivity contribution in [2.75, 3.05) is 6.54 Å². The maximum Gasteiger partial charge on any atom is 0.320 e. The SMILES string of the molecule is CC(C)CCC(C)N1CCCC1C(=O)O. The van der Waals surface area contributed by atoms with Crippen molar-refractivity contribution in [1.82, 2.24) is 4.90 Å². The van der Waals surface area contributed by atoms with E-state index < -0.39 is 5.97 Å². The van der Waals surface area contributed by atoms with Crippen LogP contribution in [0.5, 0.6) is 0 Å². The largest absolute Gasteiger partial charge is 0.480 e. The summed E-state index contributed by atoms with van der Waals surface area (Å²) in [5, 5.41) is 9.07. The van der Waals surface area contributed by atoms with Crippen LogP contribution in [0.4, 0.5) is 0 Å². The van der Waals surface area contributed by atoms with E-state index in [1.165, 1.54) is 6.42 Å². The highest BCUT2D eigenvalue weighted by Crippen LogP contribution is 2.23. The number of carboxylic acid groups (broad SMARTS) is 1. The van der Waals surface area contributed by atoms with Crippen LogP contribution in [-0.2, 0) is 4.79 Å². The third kappa shape index (κ3) is 3.49. The van der Waals surface area contributed by atoms with Gasteiger partial charge in [-0.2, -0.15) is 0 Å². The highest BCUT2D eigenvalue weighted by molar-refractivity contribution is 5.73. The van der Waals surface area contributed by atoms with E-state index in [1.807, 2.05) is 0 Å². The molecule has 15 heavy (non-hydrogen) atoms. The van der Waals surface area contributed by atoms with E-state index in [4.69, 9.17) is 5.11 Å². The minimum absolute atomic E-state index is 0.229. The van der Waals surface area contributed by atoms with E-state index in [9.17, 15) is 4.79 Å². The average molecular weight is 213 g/mol. The third-order valence-corrected chi connectivity index (χ3v) is 3.31. The fourth-order valence-electron chi connectivity index (χ4n) is 2.32. The van der Waals surface area contributed by atoms with Gasteiger partial charge in [-0.15, -0.1) is 0 Å². The second-order valence-corrected chi connectivity index (χ2v) is 5.05. The first kappa shape index (κ1) is 12.5. The number of aliphatic carboxylic acids is 1. The van der Waals surface area contributed by atoms with Gasteiger partial charge in [0.1, 0.15) is 6.04 Å². The Labute approximate surface area is 92.5 Å². The maximum atomic E-state index is 11.0. The highest BCUT2D eigenvalue weighted by Gasteiger charge is 2.33. The number of carboxylic acids is 1. The number of hydrogen-bond acceptors (Lipinski definition) is 2. The van der Waals surface area contributed by atoms with E-state index in [0.29, 0.717) is 12.0 Å². The van der Waals surface area contributed by atoms with Gasteiger partial charge in [0.25, 0.3) is 0 Å². The Morgan fingerprint density at radius 1 is 1.40 bits per heavy atom. The van der Waals surface area contributed by atoms with Gasteiger partial charge in [0.15, 0.2) is 0 Å². The number of likely N-dealkylation sites (tertiary alicyclic amines) is 1. The normalized spacial score (nSPS) is 24.7. The van der Waals surface area contributed by atoms with Gasteiger partial charge in [-0.25, -0.2) is 0 Å². The topological polar surface area (TPSA) is 40.5 Å². The van der Waals surface area contributed by atoms with E-state index in [0.717, 1.165) is 25.8 Å². The zero-order chi connectivity index (χ0) is 11.4. The Kier molecular flexibility index (Phi) is 4.58. The Bertz CT molecular complexity index is 216. The fraction of sp³-hybridized carbons (Fsp3) is 0.917. The summed E-state index contributed by atoms with van der Waals surface area (Å²) in [4.78, 5) is 13.2. The van der Waals surface area contributed by atoms with Gasteiger partial charge in [0.2, 0.25) is 0 Å². The Morgan fingerprint density at radius 3 is 2.60 bits per heavy atom. The van der Waals surface area contributed by atoms with Gasteiger partial charge >= 0.3 is 5.97 Å². The Morgan fingerprint density at radius 2 is 2.07 bits per heavy atom. The first-order chi connectivity index (χ1) is 7.02. The van der Waals surface area contributed by atoms with Gasteiger partial charge in [-0.3, -0.25) is 9.69 Å². The van der Waals surface area contributed by atoms with E-state index in [1.54, 1.807) is 0 Å². The summed E-state index contributed by atoms with van der Waals surface area (Å²) in [6.45, 7) is 7.54. The maximum absolute atomic E-state index is 11.0. The summed E-state index contributed by atoms with van der Waals surface area (Å²) in [5.74, 6) is 0.0576. The van der Waals surface area contributed by atoms with Gasteiger partial charge in [0, 0.05) is 6.04 Å². The van der Waals surface area contributed by atoms with Gasteiger partial charge in [0.05, 0.1) is 0 Å². The second kappa shape index (κ2) is 5.50. The summed E-state index contributed by atoms with van der Waals surface area (Å²) in [5.41, 5.74) is 0. The molecule has 2 unspecified atom stereocenters. The lowest BCUT2D eigenvalue weighted by molar-refractivity contribution is -0.142. The molecule has 2 atom stereocenters. The molecule has 88 valence electrons. The summed E-state index contributed by atoms with van der Waals surface area (Å²) >= 11 is 0. The lowest BCUT2D eigenvalue weighted by atomic mass is 10.0. The molecule has 3 nitrogen and oxygen atoms in total. The number of hydrogen-bond donors (Lipinski definition) is 1. The van der Waals surface area contributed by atoms with Gasteiger partial charge in [-0.05, 0) is 45.1 Å². The second-order valence-electron chi connectivity index (χ2n) is 5.05. The van der Waals surface area contributed by atoms with Crippen molar-refractivity contribution in [3.63, 3.8) is 0 Å². The minimum Gasteiger partial charge on any atom is -0.480 e. The quantitative estimate of drug-likeness (QED) is 0.762. The zero-order valence-electron chi connectivity index (χ0n) is 10.1. The van der Waals surface area contributed by atoms with Crippen molar-refractivity contribution in [3.05, 3.63) is 0 Å². The van der Waals surface area contributed by atoms with Crippen LogP contribution < -0.4 is 0 Å². The van der Waals surface area contributed by atoms with Gasteiger partial charge in [-0.1, -0.05) is 13.8 Å². The Hall–Kier alpha value is -0.570. The minimum atomic E-state index is -0.649. The van der Waals surface area contributed by atoms with Crippen LogP contribution in [0, 0.1) is 5.92 Å². The molecule has 1 rings (SSSR count). The molecule has 0 radical (unpaired) electrons. The predicted octanol–water partition coefficient (Wildman–Crippen LogP) is 2.36. The molecule has 0 aliphatic carbocycles. The molecule has 0 aromatic carbocycles. The first-order valence-electron chi connectivity index (χ1n) is 6.01. The number of rotatable bonds is 5. The molecule has 0 spiro atoms. The zero-order valence-corrected chi connectivity index (χ0v) is 10.1. The molecule has 0 aromatic rings. The number of carbonyl (C=O) groups is 1. The molecule has 1 fully saturated rings. The van der Waals surface area contributed by atoms with Crippen molar-refractivity contribution in [1.29, 1.82) is 0 Å². The summed E-state index contributed by atoms with van der Waals surface area (Å²) < 4.78 is 0. The van der Waals surface area contributed by atoms with Crippen molar-refractivity contribution in [2.45, 2.75) is 58.5 Å². The standard InChI is InChI=1S/C12H23NO2/c1-9(2)6-7-10(3)13-8-4-5-11(13)12(14)15/h9-11H,4-8H2,1-3H3,(H,14,15). The number of nitrogens with zero attached hydrogens (tertiary/aromatic N) is 1. The smallest absolute Gasteiger partial charge is 0.320 e. The van der Waals surface area contributed by atoms with Crippen LogP contribution >= 0.6 is 0 Å². The Balaban J connectivity index is 2.43. The van der Waals surface area contributed by atoms with Crippen molar-refractivity contribution < 1.29 is 9.90 Å². The molecule has 1 N–H and O–H groups in total. The van der Waals surface area contributed by atoms with Crippen molar-refractivity contribution in [3.8, 4) is 0 Å². The average Bonchev–Trinajstić information content (AvgIpc) is 2.62. The first-order valence-corrected chi connectivity index (χ1v) is 6.01. The van der Waals surface area contributed by atoms with Crippen molar-refractivity contribution >= 4 is 5.97 Å². The van der Waals surface area contributed by atoms with E-state index >= 15 is 0 Å². The van der Waals surface area contributed by atoms with Crippen LogP contribution in [0.2, 0.25) is 0 Å². The fourth-order valence-corrected chi connectivity index (χ4v) is 2.32. The molecule has 1 saturated heterocycles. The molecule has 1 aliphatic rings. The predicted molar refractivity (Wildman–Crippen MR) is 60.9 cm³/mol. The van der Waals surface area contributed by atoms with Crippen LogP contribution in [0.3, 0.4) is 0 Å². The van der Waals surface area contributed by atoms with Crippen molar-refractivity contribution in [2.24, 2.45) is 5.92 Å². The molecular formula is C12H23NO2.